The smallest absolute Gasteiger partial charge is 0.359 e. The molecule has 0 bridgehead atoms. The Morgan fingerprint density at radius 2 is 1.79 bits per heavy atom. The molecule has 0 aliphatic carbocycles. The molecule has 0 radical (unpaired) electrons. The average Bonchev–Trinajstić information content (AvgIpc) is 2.73. The van der Waals surface area contributed by atoms with Gasteiger partial charge in [0.2, 0.25) is 0 Å². The monoisotopic (exact) mass is 387 g/mol. The van der Waals surface area contributed by atoms with Crippen molar-refractivity contribution in [2.45, 2.75) is 12.8 Å². The first-order valence-corrected chi connectivity index (χ1v) is 8.91. The second-order valence-electron chi connectivity index (χ2n) is 6.58. The van der Waals surface area contributed by atoms with E-state index in [0.29, 0.717) is 36.7 Å². The summed E-state index contributed by atoms with van der Waals surface area (Å²) in [6.07, 6.45) is 1.03. The molecule has 2 aromatic rings. The Labute approximate surface area is 160 Å². The van der Waals surface area contributed by atoms with Gasteiger partial charge < -0.3 is 14.4 Å². The Morgan fingerprint density at radius 3 is 2.43 bits per heavy atom. The number of esters is 2. The van der Waals surface area contributed by atoms with Gasteiger partial charge in [0.15, 0.2) is 12.3 Å². The number of hydrogen-bond donors (Lipinski definition) is 0. The van der Waals surface area contributed by atoms with E-state index >= 15 is 0 Å². The summed E-state index contributed by atoms with van der Waals surface area (Å²) in [5.41, 5.74) is -0.341. The number of nitrogens with zero attached hydrogens (tertiary/aromatic N) is 3. The number of carbonyl (C=O) groups excluding carboxylic acids is 3. The predicted octanol–water partition coefficient (Wildman–Crippen LogP) is 0.502. The summed E-state index contributed by atoms with van der Waals surface area (Å²) < 4.78 is 10.9. The van der Waals surface area contributed by atoms with Gasteiger partial charge in [0, 0.05) is 25.5 Å². The van der Waals surface area contributed by atoms with Crippen LogP contribution in [0.2, 0.25) is 0 Å². The van der Waals surface area contributed by atoms with Gasteiger partial charge >= 0.3 is 11.9 Å². The highest BCUT2D eigenvalue weighted by molar-refractivity contribution is 6.02. The van der Waals surface area contributed by atoms with Gasteiger partial charge in [-0.05, 0) is 18.9 Å². The van der Waals surface area contributed by atoms with Crippen LogP contribution in [0.1, 0.15) is 23.3 Å². The van der Waals surface area contributed by atoms with Gasteiger partial charge in [0.25, 0.3) is 11.5 Å². The van der Waals surface area contributed by atoms with E-state index in [2.05, 4.69) is 5.10 Å². The van der Waals surface area contributed by atoms with E-state index in [1.165, 1.54) is 14.2 Å². The van der Waals surface area contributed by atoms with Crippen LogP contribution >= 0.6 is 0 Å². The summed E-state index contributed by atoms with van der Waals surface area (Å²) in [6.45, 7) is 0.370. The summed E-state index contributed by atoms with van der Waals surface area (Å²) in [6, 6.07) is 6.60. The van der Waals surface area contributed by atoms with Gasteiger partial charge in [-0.1, -0.05) is 18.2 Å². The highest BCUT2D eigenvalue weighted by Gasteiger charge is 2.28. The molecule has 148 valence electrons. The number of rotatable bonds is 4. The topological polar surface area (TPSA) is 108 Å². The van der Waals surface area contributed by atoms with Crippen molar-refractivity contribution in [1.29, 1.82) is 0 Å². The molecular weight excluding hydrogens is 366 g/mol. The van der Waals surface area contributed by atoms with Crippen molar-refractivity contribution >= 4 is 28.6 Å². The normalized spacial score (nSPS) is 14.7. The minimum Gasteiger partial charge on any atom is -0.469 e. The minimum absolute atomic E-state index is 0.0186. The van der Waals surface area contributed by atoms with Gasteiger partial charge in [0.1, 0.15) is 0 Å². The largest absolute Gasteiger partial charge is 0.469 e. The zero-order chi connectivity index (χ0) is 20.3. The van der Waals surface area contributed by atoms with Crippen LogP contribution in [0.4, 0.5) is 0 Å². The lowest BCUT2D eigenvalue weighted by molar-refractivity contribution is -0.149. The maximum atomic E-state index is 12.5. The second kappa shape index (κ2) is 8.20. The number of amides is 1. The third-order valence-electron chi connectivity index (χ3n) is 4.86. The molecule has 28 heavy (non-hydrogen) atoms. The van der Waals surface area contributed by atoms with E-state index in [0.717, 1.165) is 4.68 Å². The summed E-state index contributed by atoms with van der Waals surface area (Å²) in [7, 11) is 2.79. The predicted molar refractivity (Wildman–Crippen MR) is 98.6 cm³/mol. The van der Waals surface area contributed by atoms with Crippen molar-refractivity contribution in [3.63, 3.8) is 0 Å². The Hall–Kier alpha value is -3.23. The molecule has 1 aliphatic rings. The number of aromatic nitrogens is 2. The molecule has 0 unspecified atom stereocenters. The van der Waals surface area contributed by atoms with E-state index in [1.54, 1.807) is 29.2 Å². The van der Waals surface area contributed by atoms with E-state index in [4.69, 9.17) is 9.47 Å². The Morgan fingerprint density at radius 1 is 1.14 bits per heavy atom. The van der Waals surface area contributed by atoms with E-state index in [9.17, 15) is 19.2 Å². The van der Waals surface area contributed by atoms with Crippen LogP contribution in [0, 0.1) is 5.92 Å². The van der Waals surface area contributed by atoms with Crippen molar-refractivity contribution in [2.75, 3.05) is 26.8 Å². The molecule has 1 aromatic heterocycles. The Balaban J connectivity index is 1.64. The molecular formula is C19H21N3O6. The molecule has 1 aliphatic heterocycles. The number of likely N-dealkylation sites (tertiary alicyclic amines) is 1. The number of methoxy groups -OCH3 is 1. The zero-order valence-electron chi connectivity index (χ0n) is 15.7. The van der Waals surface area contributed by atoms with Crippen molar-refractivity contribution in [3.05, 3.63) is 40.3 Å². The molecule has 0 atom stereocenters. The fourth-order valence-electron chi connectivity index (χ4n) is 3.27. The van der Waals surface area contributed by atoms with Gasteiger partial charge in [-0.2, -0.15) is 5.10 Å². The SMILES string of the molecule is COC(=O)C1CCN(C(=O)COC(=O)c2nn(C)c(=O)c3ccccc23)CC1. The van der Waals surface area contributed by atoms with Crippen LogP contribution in [0.5, 0.6) is 0 Å². The number of benzene rings is 1. The summed E-state index contributed by atoms with van der Waals surface area (Å²) in [5, 5.41) is 4.71. The molecule has 1 amide bonds. The first-order chi connectivity index (χ1) is 13.4. The van der Waals surface area contributed by atoms with Crippen molar-refractivity contribution in [2.24, 2.45) is 13.0 Å². The van der Waals surface area contributed by atoms with Crippen LogP contribution in [0.15, 0.2) is 29.1 Å². The molecule has 3 rings (SSSR count). The average molecular weight is 387 g/mol. The van der Waals surface area contributed by atoms with Crippen molar-refractivity contribution < 1.29 is 23.9 Å². The minimum atomic E-state index is -0.774. The van der Waals surface area contributed by atoms with Gasteiger partial charge in [-0.3, -0.25) is 14.4 Å². The van der Waals surface area contributed by atoms with Gasteiger partial charge in [-0.15, -0.1) is 0 Å². The summed E-state index contributed by atoms with van der Waals surface area (Å²) >= 11 is 0. The van der Waals surface area contributed by atoms with E-state index in [1.807, 2.05) is 0 Å². The highest BCUT2D eigenvalue weighted by atomic mass is 16.5. The third-order valence-corrected chi connectivity index (χ3v) is 4.86. The van der Waals surface area contributed by atoms with Crippen LogP contribution < -0.4 is 5.56 Å². The maximum Gasteiger partial charge on any atom is 0.359 e. The third kappa shape index (κ3) is 3.88. The molecule has 9 nitrogen and oxygen atoms in total. The molecule has 0 N–H and O–H groups in total. The number of piperidine rings is 1. The lowest BCUT2D eigenvalue weighted by atomic mass is 9.97. The van der Waals surface area contributed by atoms with Crippen molar-refractivity contribution in [1.82, 2.24) is 14.7 Å². The van der Waals surface area contributed by atoms with Gasteiger partial charge in [-0.25, -0.2) is 9.48 Å². The van der Waals surface area contributed by atoms with Crippen LogP contribution in [0.25, 0.3) is 10.8 Å². The Kier molecular flexibility index (Phi) is 5.72. The molecule has 0 saturated carbocycles. The standard InChI is InChI=1S/C19H21N3O6/c1-21-17(24)14-6-4-3-5-13(14)16(20-21)19(26)28-11-15(23)22-9-7-12(8-10-22)18(25)27-2/h3-6,12H,7-11H2,1-2H3. The number of fused-ring (bicyclic) bond motifs is 1. The molecule has 1 aromatic carbocycles. The molecule has 1 saturated heterocycles. The number of carbonyl (C=O) groups is 3. The van der Waals surface area contributed by atoms with Crippen LogP contribution in [-0.2, 0) is 26.1 Å². The fourth-order valence-corrected chi connectivity index (χ4v) is 3.27. The molecule has 1 fully saturated rings. The fraction of sp³-hybridized carbons (Fsp3) is 0.421. The first kappa shape index (κ1) is 19.5. The molecule has 9 heteroatoms. The number of aryl methyl sites for hydroxylation is 1. The highest BCUT2D eigenvalue weighted by Crippen LogP contribution is 2.19. The molecule has 2 heterocycles. The lowest BCUT2D eigenvalue weighted by Crippen LogP contribution is -2.42. The Bertz CT molecular complexity index is 975. The zero-order valence-corrected chi connectivity index (χ0v) is 15.7. The molecule has 0 spiro atoms. The number of hydrogen-bond acceptors (Lipinski definition) is 7. The van der Waals surface area contributed by atoms with Crippen molar-refractivity contribution in [3.8, 4) is 0 Å². The maximum absolute atomic E-state index is 12.5. The van der Waals surface area contributed by atoms with Crippen LogP contribution in [0.3, 0.4) is 0 Å². The summed E-state index contributed by atoms with van der Waals surface area (Å²) in [4.78, 5) is 50.0. The first-order valence-electron chi connectivity index (χ1n) is 8.91. The van der Waals surface area contributed by atoms with E-state index < -0.39 is 12.6 Å². The number of ether oxygens (including phenoxy) is 2. The lowest BCUT2D eigenvalue weighted by Gasteiger charge is -2.30. The quantitative estimate of drug-likeness (QED) is 0.703. The van der Waals surface area contributed by atoms with E-state index in [-0.39, 0.29) is 29.0 Å². The summed E-state index contributed by atoms with van der Waals surface area (Å²) in [5.74, 6) is -1.60. The van der Waals surface area contributed by atoms with Crippen LogP contribution in [-0.4, -0.2) is 59.3 Å². The van der Waals surface area contributed by atoms with Gasteiger partial charge in [0.05, 0.1) is 18.4 Å². The second-order valence-corrected chi connectivity index (χ2v) is 6.58.